The molecule has 1 N–H and O–H groups in total. The van der Waals surface area contributed by atoms with Crippen LogP contribution in [-0.4, -0.2) is 49.6 Å². The van der Waals surface area contributed by atoms with Gasteiger partial charge in [-0.15, -0.1) is 0 Å². The molecule has 0 saturated carbocycles. The predicted molar refractivity (Wildman–Crippen MR) is 87.7 cm³/mol. The summed E-state index contributed by atoms with van der Waals surface area (Å²) in [6, 6.07) is 4.03. The number of rotatable bonds is 5. The summed E-state index contributed by atoms with van der Waals surface area (Å²) in [5.74, 6) is -1.32. The monoisotopic (exact) mass is 350 g/mol. The van der Waals surface area contributed by atoms with E-state index in [1.54, 1.807) is 7.11 Å². The summed E-state index contributed by atoms with van der Waals surface area (Å²) in [5.41, 5.74) is 0.353. The van der Waals surface area contributed by atoms with Crippen molar-refractivity contribution in [2.24, 2.45) is 0 Å². The summed E-state index contributed by atoms with van der Waals surface area (Å²) in [5, 5.41) is 13.6. The molecule has 1 saturated heterocycles. The van der Waals surface area contributed by atoms with Crippen molar-refractivity contribution < 1.29 is 28.3 Å². The largest absolute Gasteiger partial charge is 0.494 e. The summed E-state index contributed by atoms with van der Waals surface area (Å²) >= 11 is 0. The van der Waals surface area contributed by atoms with Gasteiger partial charge in [-0.05, 0) is 31.0 Å². The quantitative estimate of drug-likeness (QED) is 0.887. The lowest BCUT2D eigenvalue weighted by Crippen LogP contribution is -2.37. The highest BCUT2D eigenvalue weighted by atomic mass is 19.1. The molecule has 1 aromatic carbocycles. The number of hydrogen-bond acceptors (Lipinski definition) is 6. The Morgan fingerprint density at radius 1 is 1.36 bits per heavy atom. The summed E-state index contributed by atoms with van der Waals surface area (Å²) in [4.78, 5) is 13.7. The minimum Gasteiger partial charge on any atom is -0.494 e. The molecule has 0 amide bonds. The number of aromatic carboxylic acids is 1. The van der Waals surface area contributed by atoms with E-state index in [4.69, 9.17) is 14.0 Å². The minimum absolute atomic E-state index is 0.00713. The molecule has 0 radical (unpaired) electrons. The Kier molecular flexibility index (Phi) is 4.89. The number of aromatic nitrogens is 1. The van der Waals surface area contributed by atoms with Gasteiger partial charge in [-0.1, -0.05) is 5.16 Å². The number of ether oxygens (including phenoxy) is 2. The first-order chi connectivity index (χ1) is 12.0. The molecule has 1 fully saturated rings. The number of halogens is 1. The fourth-order valence-corrected chi connectivity index (χ4v) is 2.99. The van der Waals surface area contributed by atoms with E-state index in [-0.39, 0.29) is 29.0 Å². The van der Waals surface area contributed by atoms with Crippen LogP contribution in [0, 0.1) is 5.82 Å². The van der Waals surface area contributed by atoms with Crippen LogP contribution >= 0.6 is 0 Å². The molecule has 1 aliphatic rings. The lowest BCUT2D eigenvalue weighted by molar-refractivity contribution is 0.0697. The van der Waals surface area contributed by atoms with Gasteiger partial charge in [0.1, 0.15) is 0 Å². The van der Waals surface area contributed by atoms with Gasteiger partial charge in [-0.3, -0.25) is 0 Å². The molecule has 25 heavy (non-hydrogen) atoms. The molecule has 0 atom stereocenters. The average Bonchev–Trinajstić information content (AvgIpc) is 3.07. The van der Waals surface area contributed by atoms with Crippen molar-refractivity contribution in [2.45, 2.75) is 18.9 Å². The number of carbonyl (C=O) groups is 1. The second kappa shape index (κ2) is 7.10. The Hall–Kier alpha value is -2.61. The third kappa shape index (κ3) is 3.30. The lowest BCUT2D eigenvalue weighted by Gasteiger charge is -2.31. The molecular weight excluding hydrogens is 331 g/mol. The molecule has 8 heteroatoms. The summed E-state index contributed by atoms with van der Waals surface area (Å²) in [7, 11) is 3.01. The predicted octanol–water partition coefficient (Wildman–Crippen LogP) is 2.80. The van der Waals surface area contributed by atoms with E-state index in [2.05, 4.69) is 5.16 Å². The third-order valence-electron chi connectivity index (χ3n) is 4.38. The van der Waals surface area contributed by atoms with Crippen molar-refractivity contribution in [1.29, 1.82) is 0 Å². The zero-order valence-corrected chi connectivity index (χ0v) is 14.0. The number of benzene rings is 1. The Morgan fingerprint density at radius 2 is 2.08 bits per heavy atom. The molecule has 0 aliphatic carbocycles. The van der Waals surface area contributed by atoms with Crippen LogP contribution in [0.3, 0.4) is 0 Å². The number of piperidine rings is 1. The fourth-order valence-electron chi connectivity index (χ4n) is 2.99. The average molecular weight is 350 g/mol. The Bertz CT molecular complexity index is 768. The van der Waals surface area contributed by atoms with Crippen LogP contribution in [0.15, 0.2) is 22.7 Å². The van der Waals surface area contributed by atoms with Crippen LogP contribution in [-0.2, 0) is 4.74 Å². The van der Waals surface area contributed by atoms with Crippen LogP contribution in [0.2, 0.25) is 0 Å². The van der Waals surface area contributed by atoms with Gasteiger partial charge in [0.05, 0.1) is 13.2 Å². The standard InChI is InChI=1S/C17H19FN2O5/c1-23-11-5-7-20(8-6-11)16-14(17(21)22)15(25-19-16)10-3-4-12(18)13(9-10)24-2/h3-4,9,11H,5-8H2,1-2H3,(H,21,22). The van der Waals surface area contributed by atoms with Crippen LogP contribution < -0.4 is 9.64 Å². The first-order valence-electron chi connectivity index (χ1n) is 7.89. The molecule has 2 heterocycles. The van der Waals surface area contributed by atoms with E-state index in [1.807, 2.05) is 4.90 Å². The van der Waals surface area contributed by atoms with Crippen LogP contribution in [0.1, 0.15) is 23.2 Å². The summed E-state index contributed by atoms with van der Waals surface area (Å²) in [6.07, 6.45) is 1.72. The van der Waals surface area contributed by atoms with Gasteiger partial charge in [0.2, 0.25) is 0 Å². The van der Waals surface area contributed by atoms with Crippen LogP contribution in [0.5, 0.6) is 5.75 Å². The normalized spacial score (nSPS) is 15.4. The van der Waals surface area contributed by atoms with Gasteiger partial charge in [-0.25, -0.2) is 9.18 Å². The van der Waals surface area contributed by atoms with E-state index < -0.39 is 11.8 Å². The number of anilines is 1. The first kappa shape index (κ1) is 17.2. The molecular formula is C17H19FN2O5. The van der Waals surface area contributed by atoms with Crippen molar-refractivity contribution in [3.63, 3.8) is 0 Å². The van der Waals surface area contributed by atoms with E-state index in [0.29, 0.717) is 18.7 Å². The van der Waals surface area contributed by atoms with E-state index >= 15 is 0 Å². The van der Waals surface area contributed by atoms with Gasteiger partial charge in [-0.2, -0.15) is 0 Å². The van der Waals surface area contributed by atoms with Gasteiger partial charge < -0.3 is 24.0 Å². The summed E-state index contributed by atoms with van der Waals surface area (Å²) in [6.45, 7) is 1.25. The second-order valence-corrected chi connectivity index (χ2v) is 5.79. The highest BCUT2D eigenvalue weighted by Gasteiger charge is 2.30. The van der Waals surface area contributed by atoms with Crippen molar-refractivity contribution >= 4 is 11.8 Å². The smallest absolute Gasteiger partial charge is 0.343 e. The Balaban J connectivity index is 1.97. The minimum atomic E-state index is -1.15. The molecule has 0 unspecified atom stereocenters. The molecule has 1 aliphatic heterocycles. The van der Waals surface area contributed by atoms with E-state index in [1.165, 1.54) is 25.3 Å². The highest BCUT2D eigenvalue weighted by Crippen LogP contribution is 2.35. The molecule has 1 aromatic heterocycles. The molecule has 134 valence electrons. The zero-order chi connectivity index (χ0) is 18.0. The number of carboxylic acid groups (broad SMARTS) is 1. The van der Waals surface area contributed by atoms with Crippen molar-refractivity contribution in [3.05, 3.63) is 29.6 Å². The number of nitrogens with zero attached hydrogens (tertiary/aromatic N) is 2. The van der Waals surface area contributed by atoms with E-state index in [0.717, 1.165) is 12.8 Å². The van der Waals surface area contributed by atoms with Gasteiger partial charge in [0.15, 0.2) is 28.7 Å². The Labute approximate surface area is 143 Å². The number of hydrogen-bond donors (Lipinski definition) is 1. The Morgan fingerprint density at radius 3 is 2.68 bits per heavy atom. The topological polar surface area (TPSA) is 85.0 Å². The van der Waals surface area contributed by atoms with Crippen LogP contribution in [0.4, 0.5) is 10.2 Å². The fraction of sp³-hybridized carbons (Fsp3) is 0.412. The number of methoxy groups -OCH3 is 2. The lowest BCUT2D eigenvalue weighted by atomic mass is 10.0. The third-order valence-corrected chi connectivity index (χ3v) is 4.38. The van der Waals surface area contributed by atoms with Gasteiger partial charge in [0, 0.05) is 25.8 Å². The molecule has 0 bridgehead atoms. The van der Waals surface area contributed by atoms with Gasteiger partial charge in [0.25, 0.3) is 0 Å². The van der Waals surface area contributed by atoms with E-state index in [9.17, 15) is 14.3 Å². The molecule has 7 nitrogen and oxygen atoms in total. The SMILES string of the molecule is COc1cc(-c2onc(N3CCC(OC)CC3)c2C(=O)O)ccc1F. The maximum Gasteiger partial charge on any atom is 0.343 e. The highest BCUT2D eigenvalue weighted by molar-refractivity contribution is 5.99. The maximum absolute atomic E-state index is 13.6. The summed E-state index contributed by atoms with van der Waals surface area (Å²) < 4.78 is 29.2. The van der Waals surface area contributed by atoms with Crippen molar-refractivity contribution in [2.75, 3.05) is 32.2 Å². The molecule has 0 spiro atoms. The molecule has 3 rings (SSSR count). The zero-order valence-electron chi connectivity index (χ0n) is 14.0. The molecule has 2 aromatic rings. The number of carboxylic acids is 1. The van der Waals surface area contributed by atoms with Crippen LogP contribution in [0.25, 0.3) is 11.3 Å². The maximum atomic E-state index is 13.6. The first-order valence-corrected chi connectivity index (χ1v) is 7.89. The van der Waals surface area contributed by atoms with Gasteiger partial charge >= 0.3 is 5.97 Å². The second-order valence-electron chi connectivity index (χ2n) is 5.79. The van der Waals surface area contributed by atoms with Crippen molar-refractivity contribution in [1.82, 2.24) is 5.16 Å². The van der Waals surface area contributed by atoms with Crippen molar-refractivity contribution in [3.8, 4) is 17.1 Å².